The molecule has 0 aromatic carbocycles. The fourth-order valence-corrected chi connectivity index (χ4v) is 2.83. The van der Waals surface area contributed by atoms with Crippen LogP contribution in [-0.4, -0.2) is 17.9 Å². The van der Waals surface area contributed by atoms with Crippen molar-refractivity contribution in [3.63, 3.8) is 0 Å². The molecule has 0 bridgehead atoms. The zero-order valence-corrected chi connectivity index (χ0v) is 10.7. The van der Waals surface area contributed by atoms with E-state index < -0.39 is 0 Å². The fraction of sp³-hybridized carbons (Fsp3) is 0.333. The van der Waals surface area contributed by atoms with Crippen molar-refractivity contribution in [3.8, 4) is 0 Å². The average molecular weight is 242 g/mol. The minimum atomic E-state index is -0.242. The van der Waals surface area contributed by atoms with Crippen LogP contribution in [0.15, 0.2) is 45.6 Å². The molecule has 0 fully saturated rings. The van der Waals surface area contributed by atoms with Crippen molar-refractivity contribution in [2.75, 3.05) is 0 Å². The predicted molar refractivity (Wildman–Crippen MR) is 66.7 cm³/mol. The maximum Gasteiger partial charge on any atom is 0.334 e. The molecule has 3 aliphatic rings. The molecule has 0 unspecified atom stereocenters. The van der Waals surface area contributed by atoms with E-state index in [1.807, 2.05) is 19.9 Å². The van der Waals surface area contributed by atoms with Gasteiger partial charge in [0.05, 0.1) is 0 Å². The van der Waals surface area contributed by atoms with Gasteiger partial charge in [0.1, 0.15) is 6.10 Å². The Balaban J connectivity index is 2.22. The molecule has 92 valence electrons. The van der Waals surface area contributed by atoms with Crippen molar-refractivity contribution < 1.29 is 14.3 Å². The second kappa shape index (κ2) is 3.55. The minimum Gasteiger partial charge on any atom is -0.454 e. The summed E-state index contributed by atoms with van der Waals surface area (Å²) in [5.41, 5.74) is 5.29. The van der Waals surface area contributed by atoms with Crippen molar-refractivity contribution in [2.45, 2.75) is 33.3 Å². The lowest BCUT2D eigenvalue weighted by atomic mass is 9.99. The zero-order chi connectivity index (χ0) is 13.0. The molecule has 0 N–H and O–H groups in total. The van der Waals surface area contributed by atoms with Crippen molar-refractivity contribution in [3.05, 3.63) is 45.6 Å². The summed E-state index contributed by atoms with van der Waals surface area (Å²) >= 11 is 0. The third-order valence-corrected chi connectivity index (χ3v) is 3.84. The molecule has 1 heterocycles. The fourth-order valence-electron chi connectivity index (χ4n) is 2.83. The number of ether oxygens (including phenoxy) is 1. The summed E-state index contributed by atoms with van der Waals surface area (Å²) in [5.74, 6) is -0.171. The first-order valence-electron chi connectivity index (χ1n) is 6.05. The Labute approximate surface area is 106 Å². The molecule has 0 aromatic rings. The second-order valence-corrected chi connectivity index (χ2v) is 5.08. The molecule has 0 saturated heterocycles. The van der Waals surface area contributed by atoms with Gasteiger partial charge in [-0.3, -0.25) is 4.79 Å². The summed E-state index contributed by atoms with van der Waals surface area (Å²) in [6.45, 7) is 5.65. The Bertz CT molecular complexity index is 612. The summed E-state index contributed by atoms with van der Waals surface area (Å²) < 4.78 is 5.34. The molecule has 3 rings (SSSR count). The van der Waals surface area contributed by atoms with Gasteiger partial charge in [-0.25, -0.2) is 4.79 Å². The molecule has 0 radical (unpaired) electrons. The summed E-state index contributed by atoms with van der Waals surface area (Å²) in [6, 6.07) is 0. The Hall–Kier alpha value is -1.90. The zero-order valence-electron chi connectivity index (χ0n) is 10.7. The van der Waals surface area contributed by atoms with E-state index in [1.165, 1.54) is 0 Å². The Kier molecular flexibility index (Phi) is 2.21. The van der Waals surface area contributed by atoms with Crippen LogP contribution < -0.4 is 0 Å². The maximum absolute atomic E-state index is 11.9. The largest absolute Gasteiger partial charge is 0.454 e. The van der Waals surface area contributed by atoms with Crippen LogP contribution in [-0.2, 0) is 14.3 Å². The van der Waals surface area contributed by atoms with E-state index in [0.717, 1.165) is 27.9 Å². The van der Waals surface area contributed by atoms with E-state index in [-0.39, 0.29) is 17.9 Å². The van der Waals surface area contributed by atoms with Gasteiger partial charge in [-0.1, -0.05) is 5.57 Å². The van der Waals surface area contributed by atoms with Crippen molar-refractivity contribution in [1.82, 2.24) is 0 Å². The normalized spacial score (nSPS) is 26.7. The molecule has 18 heavy (non-hydrogen) atoms. The number of allylic oxidation sites excluding steroid dienone is 4. The molecular weight excluding hydrogens is 228 g/mol. The summed E-state index contributed by atoms with van der Waals surface area (Å²) in [6.07, 6.45) is 4.01. The van der Waals surface area contributed by atoms with Gasteiger partial charge in [-0.15, -0.1) is 0 Å². The summed E-state index contributed by atoms with van der Waals surface area (Å²) in [4.78, 5) is 23.5. The van der Waals surface area contributed by atoms with Gasteiger partial charge in [0.2, 0.25) is 0 Å². The molecule has 0 amide bonds. The highest BCUT2D eigenvalue weighted by atomic mass is 16.5. The van der Waals surface area contributed by atoms with E-state index >= 15 is 0 Å². The Morgan fingerprint density at radius 2 is 1.89 bits per heavy atom. The number of carbonyl (C=O) groups is 2. The highest BCUT2D eigenvalue weighted by molar-refractivity contribution is 6.14. The van der Waals surface area contributed by atoms with Gasteiger partial charge in [-0.05, 0) is 44.1 Å². The first-order chi connectivity index (χ1) is 8.49. The maximum atomic E-state index is 11.9. The van der Waals surface area contributed by atoms with Gasteiger partial charge in [0.15, 0.2) is 5.78 Å². The lowest BCUT2D eigenvalue weighted by Gasteiger charge is -2.10. The van der Waals surface area contributed by atoms with Crippen LogP contribution in [0.1, 0.15) is 27.2 Å². The summed E-state index contributed by atoms with van der Waals surface area (Å²) in [5, 5.41) is 0. The Morgan fingerprint density at radius 3 is 2.61 bits per heavy atom. The van der Waals surface area contributed by atoms with E-state index in [1.54, 1.807) is 13.0 Å². The number of carbonyl (C=O) groups excluding carboxylic acids is 2. The van der Waals surface area contributed by atoms with Gasteiger partial charge < -0.3 is 4.74 Å². The lowest BCUT2D eigenvalue weighted by Crippen LogP contribution is -2.11. The molecule has 2 aliphatic carbocycles. The van der Waals surface area contributed by atoms with Gasteiger partial charge >= 0.3 is 5.97 Å². The molecule has 0 saturated carbocycles. The van der Waals surface area contributed by atoms with Crippen LogP contribution in [0.25, 0.3) is 0 Å². The van der Waals surface area contributed by atoms with Crippen LogP contribution in [0.3, 0.4) is 0 Å². The number of hydrogen-bond donors (Lipinski definition) is 0. The highest BCUT2D eigenvalue weighted by Gasteiger charge is 2.36. The quantitative estimate of drug-likeness (QED) is 0.613. The molecule has 0 aromatic heterocycles. The smallest absolute Gasteiger partial charge is 0.334 e. The SMILES string of the molecule is CC1=CC(=O)C2=C(C)C[C@@H]3OC(=O)C(C)=C3C=C12. The molecule has 3 heteroatoms. The van der Waals surface area contributed by atoms with Gasteiger partial charge in [-0.2, -0.15) is 0 Å². The number of ketones is 1. The first kappa shape index (κ1) is 11.2. The molecule has 3 nitrogen and oxygen atoms in total. The second-order valence-electron chi connectivity index (χ2n) is 5.08. The minimum absolute atomic E-state index is 0.0702. The molecular formula is C15H14O3. The van der Waals surface area contributed by atoms with Crippen LogP contribution in [0.4, 0.5) is 0 Å². The van der Waals surface area contributed by atoms with E-state index in [9.17, 15) is 9.59 Å². The van der Waals surface area contributed by atoms with Crippen molar-refractivity contribution in [2.24, 2.45) is 0 Å². The Morgan fingerprint density at radius 1 is 1.17 bits per heavy atom. The highest BCUT2D eigenvalue weighted by Crippen LogP contribution is 2.40. The molecule has 1 atom stereocenters. The van der Waals surface area contributed by atoms with E-state index in [0.29, 0.717) is 12.0 Å². The van der Waals surface area contributed by atoms with Crippen LogP contribution in [0, 0.1) is 0 Å². The molecule has 1 aliphatic heterocycles. The number of hydrogen-bond acceptors (Lipinski definition) is 3. The van der Waals surface area contributed by atoms with Crippen LogP contribution in [0.5, 0.6) is 0 Å². The van der Waals surface area contributed by atoms with Crippen LogP contribution >= 0.6 is 0 Å². The topological polar surface area (TPSA) is 43.4 Å². The first-order valence-corrected chi connectivity index (χ1v) is 6.05. The summed E-state index contributed by atoms with van der Waals surface area (Å²) in [7, 11) is 0. The third kappa shape index (κ3) is 1.37. The van der Waals surface area contributed by atoms with E-state index in [2.05, 4.69) is 0 Å². The number of esters is 1. The number of rotatable bonds is 0. The monoisotopic (exact) mass is 242 g/mol. The van der Waals surface area contributed by atoms with Crippen molar-refractivity contribution in [1.29, 1.82) is 0 Å². The predicted octanol–water partition coefficient (Wildman–Crippen LogP) is 2.40. The lowest BCUT2D eigenvalue weighted by molar-refractivity contribution is -0.139. The molecule has 0 spiro atoms. The van der Waals surface area contributed by atoms with Crippen LogP contribution in [0.2, 0.25) is 0 Å². The van der Waals surface area contributed by atoms with Gasteiger partial charge in [0.25, 0.3) is 0 Å². The van der Waals surface area contributed by atoms with Gasteiger partial charge in [0, 0.05) is 23.1 Å². The third-order valence-electron chi connectivity index (χ3n) is 3.84. The average Bonchev–Trinajstić information content (AvgIpc) is 2.65. The van der Waals surface area contributed by atoms with Crippen molar-refractivity contribution >= 4 is 11.8 Å². The number of fused-ring (bicyclic) bond motifs is 2. The standard InChI is InChI=1S/C15H14O3/c1-7-4-12(16)14-8(2)5-13-11(6-10(7)14)9(3)15(17)18-13/h4,6,13H,5H2,1-3H3/t13-/m0/s1. The van der Waals surface area contributed by atoms with E-state index in [4.69, 9.17) is 4.74 Å².